The molecule has 0 radical (unpaired) electrons. The van der Waals surface area contributed by atoms with Crippen molar-refractivity contribution in [2.75, 3.05) is 6.54 Å². The van der Waals surface area contributed by atoms with Crippen molar-refractivity contribution in [3.8, 4) is 0 Å². The second kappa shape index (κ2) is 6.24. The van der Waals surface area contributed by atoms with Crippen LogP contribution in [-0.2, 0) is 13.0 Å². The molecule has 0 bridgehead atoms. The van der Waals surface area contributed by atoms with E-state index in [1.54, 1.807) is 0 Å². The number of furan rings is 1. The maximum absolute atomic E-state index is 5.82. The van der Waals surface area contributed by atoms with Gasteiger partial charge in [0, 0.05) is 5.02 Å². The van der Waals surface area contributed by atoms with Crippen molar-refractivity contribution in [3.63, 3.8) is 0 Å². The smallest absolute Gasteiger partial charge is 0.169 e. The molecule has 0 atom stereocenters. The van der Waals surface area contributed by atoms with Gasteiger partial charge in [-0.3, -0.25) is 0 Å². The summed E-state index contributed by atoms with van der Waals surface area (Å²) in [5.74, 6) is 0.938. The summed E-state index contributed by atoms with van der Waals surface area (Å²) >= 11 is 9.10. The molecule has 0 aliphatic rings. The van der Waals surface area contributed by atoms with E-state index < -0.39 is 0 Å². The van der Waals surface area contributed by atoms with Gasteiger partial charge in [-0.15, -0.1) is 0 Å². The number of hydrogen-bond acceptors (Lipinski definition) is 2. The molecule has 0 amide bonds. The summed E-state index contributed by atoms with van der Waals surface area (Å²) in [7, 11) is 0. The standard InChI is InChI=1S/C13H13BrClNO/c14-13-6-5-12(17-13)9-16-8-7-10-1-3-11(15)4-2-10/h1-6,16H,7-9H2. The Labute approximate surface area is 114 Å². The zero-order chi connectivity index (χ0) is 12.1. The van der Waals surface area contributed by atoms with Gasteiger partial charge in [0.05, 0.1) is 6.54 Å². The largest absolute Gasteiger partial charge is 0.453 e. The van der Waals surface area contributed by atoms with Gasteiger partial charge in [-0.05, 0) is 58.7 Å². The van der Waals surface area contributed by atoms with E-state index in [0.717, 1.165) is 35.0 Å². The summed E-state index contributed by atoms with van der Waals surface area (Å²) in [6.07, 6.45) is 0.985. The summed E-state index contributed by atoms with van der Waals surface area (Å²) in [5, 5.41) is 4.11. The van der Waals surface area contributed by atoms with E-state index >= 15 is 0 Å². The van der Waals surface area contributed by atoms with E-state index in [0.29, 0.717) is 0 Å². The van der Waals surface area contributed by atoms with Crippen molar-refractivity contribution in [2.24, 2.45) is 0 Å². The summed E-state index contributed by atoms with van der Waals surface area (Å²) in [6, 6.07) is 11.8. The number of halogens is 2. The highest BCUT2D eigenvalue weighted by Gasteiger charge is 1.98. The average molecular weight is 315 g/mol. The number of rotatable bonds is 5. The monoisotopic (exact) mass is 313 g/mol. The number of nitrogens with one attached hydrogen (secondary N) is 1. The fourth-order valence-electron chi connectivity index (χ4n) is 1.54. The van der Waals surface area contributed by atoms with Crippen molar-refractivity contribution >= 4 is 27.5 Å². The van der Waals surface area contributed by atoms with Gasteiger partial charge in [0.25, 0.3) is 0 Å². The molecule has 0 aliphatic heterocycles. The lowest BCUT2D eigenvalue weighted by Gasteiger charge is -2.03. The molecule has 1 aromatic carbocycles. The molecule has 0 spiro atoms. The Bertz CT molecular complexity index is 467. The summed E-state index contributed by atoms with van der Waals surface area (Å²) < 4.78 is 6.16. The first-order valence-corrected chi connectivity index (χ1v) is 6.60. The SMILES string of the molecule is Clc1ccc(CCNCc2ccc(Br)o2)cc1. The van der Waals surface area contributed by atoms with Crippen LogP contribution in [0.5, 0.6) is 0 Å². The Balaban J connectivity index is 1.71. The molecule has 90 valence electrons. The first-order valence-electron chi connectivity index (χ1n) is 5.43. The third-order valence-corrected chi connectivity index (χ3v) is 3.11. The Kier molecular flexibility index (Phi) is 4.66. The van der Waals surface area contributed by atoms with Crippen LogP contribution < -0.4 is 5.32 Å². The van der Waals surface area contributed by atoms with Gasteiger partial charge in [0.2, 0.25) is 0 Å². The van der Waals surface area contributed by atoms with Crippen LogP contribution in [0.15, 0.2) is 45.5 Å². The lowest BCUT2D eigenvalue weighted by molar-refractivity contribution is 0.466. The quantitative estimate of drug-likeness (QED) is 0.843. The Morgan fingerprint density at radius 2 is 1.88 bits per heavy atom. The van der Waals surface area contributed by atoms with Gasteiger partial charge < -0.3 is 9.73 Å². The molecule has 1 aromatic heterocycles. The van der Waals surface area contributed by atoms with Crippen LogP contribution >= 0.6 is 27.5 Å². The molecule has 1 heterocycles. The van der Waals surface area contributed by atoms with Crippen molar-refractivity contribution in [3.05, 3.63) is 57.4 Å². The highest BCUT2D eigenvalue weighted by Crippen LogP contribution is 2.13. The zero-order valence-corrected chi connectivity index (χ0v) is 11.6. The lowest BCUT2D eigenvalue weighted by atomic mass is 10.1. The van der Waals surface area contributed by atoms with Crippen molar-refractivity contribution in [1.29, 1.82) is 0 Å². The van der Waals surface area contributed by atoms with Crippen LogP contribution in [0.1, 0.15) is 11.3 Å². The molecule has 2 aromatic rings. The maximum Gasteiger partial charge on any atom is 0.169 e. The van der Waals surface area contributed by atoms with Crippen LogP contribution in [-0.4, -0.2) is 6.54 Å². The van der Waals surface area contributed by atoms with Gasteiger partial charge in [-0.1, -0.05) is 23.7 Å². The van der Waals surface area contributed by atoms with E-state index in [1.165, 1.54) is 5.56 Å². The fraction of sp³-hybridized carbons (Fsp3) is 0.231. The minimum absolute atomic E-state index is 0.749. The van der Waals surface area contributed by atoms with Crippen LogP contribution in [0.4, 0.5) is 0 Å². The van der Waals surface area contributed by atoms with Crippen molar-refractivity contribution < 1.29 is 4.42 Å². The summed E-state index contributed by atoms with van der Waals surface area (Å²) in [6.45, 7) is 1.67. The number of benzene rings is 1. The Morgan fingerprint density at radius 1 is 1.12 bits per heavy atom. The summed E-state index contributed by atoms with van der Waals surface area (Å²) in [5.41, 5.74) is 1.28. The third-order valence-electron chi connectivity index (χ3n) is 2.43. The first-order chi connectivity index (χ1) is 8.24. The van der Waals surface area contributed by atoms with Crippen LogP contribution in [0, 0.1) is 0 Å². The lowest BCUT2D eigenvalue weighted by Crippen LogP contribution is -2.16. The van der Waals surface area contributed by atoms with Crippen LogP contribution in [0.3, 0.4) is 0 Å². The van der Waals surface area contributed by atoms with E-state index in [9.17, 15) is 0 Å². The Morgan fingerprint density at radius 3 is 2.53 bits per heavy atom. The maximum atomic E-state index is 5.82. The number of hydrogen-bond donors (Lipinski definition) is 1. The van der Waals surface area contributed by atoms with E-state index in [1.807, 2.05) is 36.4 Å². The van der Waals surface area contributed by atoms with Gasteiger partial charge in [-0.25, -0.2) is 0 Å². The molecular formula is C13H13BrClNO. The van der Waals surface area contributed by atoms with Gasteiger partial charge in [-0.2, -0.15) is 0 Å². The minimum Gasteiger partial charge on any atom is -0.453 e. The molecule has 0 unspecified atom stereocenters. The molecule has 1 N–H and O–H groups in total. The fourth-order valence-corrected chi connectivity index (χ4v) is 2.01. The molecule has 2 rings (SSSR count). The molecule has 0 fully saturated rings. The van der Waals surface area contributed by atoms with E-state index in [4.69, 9.17) is 16.0 Å². The van der Waals surface area contributed by atoms with E-state index in [-0.39, 0.29) is 0 Å². The van der Waals surface area contributed by atoms with Crippen LogP contribution in [0.2, 0.25) is 5.02 Å². The molecular weight excluding hydrogens is 302 g/mol. The van der Waals surface area contributed by atoms with Crippen LogP contribution in [0.25, 0.3) is 0 Å². The second-order valence-corrected chi connectivity index (χ2v) is 4.98. The molecule has 17 heavy (non-hydrogen) atoms. The van der Waals surface area contributed by atoms with Crippen molar-refractivity contribution in [2.45, 2.75) is 13.0 Å². The Hall–Kier alpha value is -0.770. The molecule has 2 nitrogen and oxygen atoms in total. The predicted molar refractivity (Wildman–Crippen MR) is 73.3 cm³/mol. The predicted octanol–water partition coefficient (Wildman–Crippen LogP) is 4.03. The second-order valence-electron chi connectivity index (χ2n) is 3.76. The summed E-state index contributed by atoms with van der Waals surface area (Å²) in [4.78, 5) is 0. The molecule has 0 saturated heterocycles. The van der Waals surface area contributed by atoms with Crippen molar-refractivity contribution in [1.82, 2.24) is 5.32 Å². The zero-order valence-electron chi connectivity index (χ0n) is 9.25. The average Bonchev–Trinajstić information content (AvgIpc) is 2.73. The normalized spacial score (nSPS) is 10.7. The minimum atomic E-state index is 0.749. The van der Waals surface area contributed by atoms with Gasteiger partial charge >= 0.3 is 0 Å². The van der Waals surface area contributed by atoms with Gasteiger partial charge in [0.15, 0.2) is 4.67 Å². The topological polar surface area (TPSA) is 25.2 Å². The van der Waals surface area contributed by atoms with E-state index in [2.05, 4.69) is 21.2 Å². The molecule has 0 saturated carbocycles. The third kappa shape index (κ3) is 4.19. The molecule has 0 aliphatic carbocycles. The molecule has 4 heteroatoms. The van der Waals surface area contributed by atoms with Gasteiger partial charge in [0.1, 0.15) is 5.76 Å². The highest BCUT2D eigenvalue weighted by molar-refractivity contribution is 9.10. The highest BCUT2D eigenvalue weighted by atomic mass is 79.9. The first kappa shape index (κ1) is 12.7.